The molecule has 5 heteroatoms. The highest BCUT2D eigenvalue weighted by atomic mass is 16.5. The molecule has 0 atom stereocenters. The highest BCUT2D eigenvalue weighted by Gasteiger charge is 2.01. The van der Waals surface area contributed by atoms with Gasteiger partial charge in [-0.05, 0) is 11.6 Å². The fourth-order valence-electron chi connectivity index (χ4n) is 1.22. The molecule has 0 radical (unpaired) electrons. The lowest BCUT2D eigenvalue weighted by atomic mass is 10.3. The number of aryl methyl sites for hydroxylation is 1. The molecule has 16 heavy (non-hydrogen) atoms. The van der Waals surface area contributed by atoms with E-state index in [-0.39, 0.29) is 12.5 Å². The van der Waals surface area contributed by atoms with Crippen LogP contribution in [0.5, 0.6) is 0 Å². The Bertz CT molecular complexity index is 323. The second-order valence-corrected chi connectivity index (χ2v) is 3.51. The van der Waals surface area contributed by atoms with E-state index in [1.54, 1.807) is 7.11 Å². The third-order valence-electron chi connectivity index (χ3n) is 2.05. The predicted molar refractivity (Wildman–Crippen MR) is 60.0 cm³/mol. The van der Waals surface area contributed by atoms with E-state index in [2.05, 4.69) is 5.32 Å². The van der Waals surface area contributed by atoms with E-state index in [0.717, 1.165) is 5.56 Å². The average Bonchev–Trinajstić information content (AvgIpc) is 2.68. The Morgan fingerprint density at radius 2 is 2.31 bits per heavy atom. The molecule has 0 saturated carbocycles. The van der Waals surface area contributed by atoms with Crippen molar-refractivity contribution in [2.45, 2.75) is 6.54 Å². The number of hydrogen-bond donors (Lipinski definition) is 1. The number of carbonyl (C=O) groups excluding carboxylic acids is 1. The molecule has 0 aliphatic rings. The van der Waals surface area contributed by atoms with Crippen LogP contribution in [0.15, 0.2) is 18.5 Å². The maximum atomic E-state index is 11.3. The average molecular weight is 226 g/mol. The molecule has 0 aliphatic heterocycles. The molecular formula is C11H18N2O3. The predicted octanol–water partition coefficient (Wildman–Crippen LogP) is 0.304. The molecule has 1 amide bonds. The Kier molecular flexibility index (Phi) is 5.60. The minimum atomic E-state index is -0.111. The maximum Gasteiger partial charge on any atom is 0.246 e. The number of rotatable bonds is 7. The largest absolute Gasteiger partial charge is 0.382 e. The highest BCUT2D eigenvalue weighted by Crippen LogP contribution is 1.98. The van der Waals surface area contributed by atoms with Gasteiger partial charge in [-0.3, -0.25) is 4.79 Å². The van der Waals surface area contributed by atoms with Crippen LogP contribution in [0.4, 0.5) is 0 Å². The summed E-state index contributed by atoms with van der Waals surface area (Å²) < 4.78 is 11.8. The third kappa shape index (κ3) is 4.95. The van der Waals surface area contributed by atoms with E-state index in [1.165, 1.54) is 0 Å². The molecule has 1 N–H and O–H groups in total. The van der Waals surface area contributed by atoms with E-state index < -0.39 is 0 Å². The van der Waals surface area contributed by atoms with Gasteiger partial charge >= 0.3 is 0 Å². The van der Waals surface area contributed by atoms with Crippen LogP contribution in [0.3, 0.4) is 0 Å². The van der Waals surface area contributed by atoms with Gasteiger partial charge in [-0.2, -0.15) is 0 Å². The first-order valence-electron chi connectivity index (χ1n) is 5.16. The Morgan fingerprint density at radius 1 is 1.50 bits per heavy atom. The molecule has 90 valence electrons. The zero-order valence-electron chi connectivity index (χ0n) is 9.73. The number of aromatic nitrogens is 1. The summed E-state index contributed by atoms with van der Waals surface area (Å²) in [5.74, 6) is -0.111. The maximum absolute atomic E-state index is 11.3. The van der Waals surface area contributed by atoms with Crippen LogP contribution >= 0.6 is 0 Å². The van der Waals surface area contributed by atoms with Crippen LogP contribution in [-0.4, -0.2) is 37.4 Å². The summed E-state index contributed by atoms with van der Waals surface area (Å²) in [6.45, 7) is 1.56. The number of amides is 1. The van der Waals surface area contributed by atoms with Crippen LogP contribution in [0.1, 0.15) is 5.56 Å². The number of carbonyl (C=O) groups is 1. The molecule has 5 nitrogen and oxygen atoms in total. The summed E-state index contributed by atoms with van der Waals surface area (Å²) in [4.78, 5) is 11.3. The van der Waals surface area contributed by atoms with E-state index in [4.69, 9.17) is 9.47 Å². The second-order valence-electron chi connectivity index (χ2n) is 3.51. The summed E-state index contributed by atoms with van der Waals surface area (Å²) in [5.41, 5.74) is 1.08. The van der Waals surface area contributed by atoms with Gasteiger partial charge in [0.2, 0.25) is 5.91 Å². The fraction of sp³-hybridized carbons (Fsp3) is 0.545. The molecule has 0 bridgehead atoms. The lowest BCUT2D eigenvalue weighted by Gasteiger charge is -2.04. The Hall–Kier alpha value is -1.33. The van der Waals surface area contributed by atoms with Crippen LogP contribution < -0.4 is 5.32 Å². The molecule has 1 aromatic rings. The zero-order chi connectivity index (χ0) is 11.8. The number of methoxy groups -OCH3 is 1. The first-order chi connectivity index (χ1) is 7.72. The van der Waals surface area contributed by atoms with Crippen molar-refractivity contribution in [1.29, 1.82) is 0 Å². The molecule has 1 aromatic heterocycles. The van der Waals surface area contributed by atoms with Gasteiger partial charge in [0.1, 0.15) is 6.61 Å². The van der Waals surface area contributed by atoms with Gasteiger partial charge in [-0.1, -0.05) is 0 Å². The van der Waals surface area contributed by atoms with Crippen LogP contribution in [0, 0.1) is 0 Å². The molecule has 1 heterocycles. The first kappa shape index (κ1) is 12.7. The summed E-state index contributed by atoms with van der Waals surface area (Å²) in [6.07, 6.45) is 3.91. The van der Waals surface area contributed by atoms with Crippen molar-refractivity contribution in [3.05, 3.63) is 24.0 Å². The molecular weight excluding hydrogens is 208 g/mol. The van der Waals surface area contributed by atoms with Gasteiger partial charge in [0, 0.05) is 33.1 Å². The van der Waals surface area contributed by atoms with Crippen molar-refractivity contribution in [2.24, 2.45) is 7.05 Å². The first-order valence-corrected chi connectivity index (χ1v) is 5.16. The standard InChI is InChI=1S/C11H18N2O3/c1-13-4-3-10(8-13)7-12-11(14)9-16-6-5-15-2/h3-4,8H,5-7,9H2,1-2H3,(H,12,14). The van der Waals surface area contributed by atoms with E-state index in [0.29, 0.717) is 19.8 Å². The van der Waals surface area contributed by atoms with Gasteiger partial charge in [-0.25, -0.2) is 0 Å². The van der Waals surface area contributed by atoms with Crippen molar-refractivity contribution < 1.29 is 14.3 Å². The van der Waals surface area contributed by atoms with Gasteiger partial charge in [0.25, 0.3) is 0 Å². The lowest BCUT2D eigenvalue weighted by Crippen LogP contribution is -2.27. The van der Waals surface area contributed by atoms with Gasteiger partial charge < -0.3 is 19.4 Å². The van der Waals surface area contributed by atoms with Crippen molar-refractivity contribution in [1.82, 2.24) is 9.88 Å². The monoisotopic (exact) mass is 226 g/mol. The normalized spacial score (nSPS) is 10.4. The molecule has 0 saturated heterocycles. The third-order valence-corrected chi connectivity index (χ3v) is 2.05. The summed E-state index contributed by atoms with van der Waals surface area (Å²) in [5, 5.41) is 2.77. The number of ether oxygens (including phenoxy) is 2. The van der Waals surface area contributed by atoms with Crippen molar-refractivity contribution >= 4 is 5.91 Å². The lowest BCUT2D eigenvalue weighted by molar-refractivity contribution is -0.126. The van der Waals surface area contributed by atoms with E-state index in [9.17, 15) is 4.79 Å². The van der Waals surface area contributed by atoms with Crippen molar-refractivity contribution in [3.8, 4) is 0 Å². The minimum absolute atomic E-state index is 0.0796. The minimum Gasteiger partial charge on any atom is -0.382 e. The summed E-state index contributed by atoms with van der Waals surface area (Å²) in [6, 6.07) is 1.96. The Morgan fingerprint density at radius 3 is 2.94 bits per heavy atom. The zero-order valence-corrected chi connectivity index (χ0v) is 9.73. The number of nitrogens with one attached hydrogen (secondary N) is 1. The van der Waals surface area contributed by atoms with Gasteiger partial charge in [0.15, 0.2) is 0 Å². The van der Waals surface area contributed by atoms with E-state index >= 15 is 0 Å². The second kappa shape index (κ2) is 7.03. The Balaban J connectivity index is 2.10. The number of nitrogens with zero attached hydrogens (tertiary/aromatic N) is 1. The van der Waals surface area contributed by atoms with Crippen LogP contribution in [0.25, 0.3) is 0 Å². The number of hydrogen-bond acceptors (Lipinski definition) is 3. The topological polar surface area (TPSA) is 52.5 Å². The highest BCUT2D eigenvalue weighted by molar-refractivity contribution is 5.77. The molecule has 1 rings (SSSR count). The van der Waals surface area contributed by atoms with Crippen molar-refractivity contribution in [3.63, 3.8) is 0 Å². The quantitative estimate of drug-likeness (QED) is 0.680. The smallest absolute Gasteiger partial charge is 0.246 e. The molecule has 0 aromatic carbocycles. The molecule has 0 aliphatic carbocycles. The summed E-state index contributed by atoms with van der Waals surface area (Å²) in [7, 11) is 3.54. The summed E-state index contributed by atoms with van der Waals surface area (Å²) >= 11 is 0. The van der Waals surface area contributed by atoms with Gasteiger partial charge in [-0.15, -0.1) is 0 Å². The SMILES string of the molecule is COCCOCC(=O)NCc1ccn(C)c1. The fourth-order valence-corrected chi connectivity index (χ4v) is 1.22. The van der Waals surface area contributed by atoms with Crippen LogP contribution in [-0.2, 0) is 27.9 Å². The molecule has 0 unspecified atom stereocenters. The molecule has 0 spiro atoms. The molecule has 0 fully saturated rings. The van der Waals surface area contributed by atoms with Crippen molar-refractivity contribution in [2.75, 3.05) is 26.9 Å². The van der Waals surface area contributed by atoms with Gasteiger partial charge in [0.05, 0.1) is 13.2 Å². The van der Waals surface area contributed by atoms with E-state index in [1.807, 2.05) is 30.1 Å². The Labute approximate surface area is 95.3 Å². The van der Waals surface area contributed by atoms with Crippen LogP contribution in [0.2, 0.25) is 0 Å².